The van der Waals surface area contributed by atoms with Crippen LogP contribution in [0.2, 0.25) is 0 Å². The van der Waals surface area contributed by atoms with Crippen molar-refractivity contribution in [3.8, 4) is 0 Å². The van der Waals surface area contributed by atoms with Crippen LogP contribution in [0.15, 0.2) is 0 Å². The Morgan fingerprint density at radius 1 is 1.30 bits per heavy atom. The van der Waals surface area contributed by atoms with Gasteiger partial charge in [0.25, 0.3) is 0 Å². The second-order valence-corrected chi connectivity index (χ2v) is 7.22. The van der Waals surface area contributed by atoms with Gasteiger partial charge in [-0.05, 0) is 12.8 Å². The third-order valence-electron chi connectivity index (χ3n) is 4.01. The van der Waals surface area contributed by atoms with Crippen molar-refractivity contribution in [2.45, 2.75) is 37.5 Å². The largest absolute Gasteiger partial charge is 0.468 e. The molecule has 1 saturated heterocycles. The summed E-state index contributed by atoms with van der Waals surface area (Å²) in [4.78, 5) is 11.2. The number of esters is 1. The summed E-state index contributed by atoms with van der Waals surface area (Å²) in [6.45, 7) is 1.20. The van der Waals surface area contributed by atoms with E-state index in [1.807, 2.05) is 0 Å². The zero-order valence-electron chi connectivity index (χ0n) is 11.8. The fourth-order valence-electron chi connectivity index (χ4n) is 2.73. The molecule has 1 heterocycles. The lowest BCUT2D eigenvalue weighted by molar-refractivity contribution is -0.181. The fraction of sp³-hybridized carbons (Fsp3) is 0.917. The van der Waals surface area contributed by atoms with Gasteiger partial charge in [0.05, 0.1) is 20.3 Å². The molecule has 2 aliphatic rings. The second-order valence-electron chi connectivity index (χ2n) is 5.19. The van der Waals surface area contributed by atoms with Crippen LogP contribution >= 0.6 is 0 Å². The molecule has 0 radical (unpaired) electrons. The van der Waals surface area contributed by atoms with Crippen LogP contribution in [0.1, 0.15) is 25.7 Å². The Balaban J connectivity index is 1.94. The van der Waals surface area contributed by atoms with Crippen molar-refractivity contribution in [1.82, 2.24) is 4.31 Å². The summed E-state index contributed by atoms with van der Waals surface area (Å²) in [6, 6.07) is -0.122. The minimum Gasteiger partial charge on any atom is -0.468 e. The minimum atomic E-state index is -3.63. The highest BCUT2D eigenvalue weighted by atomic mass is 32.2. The Kier molecular flexibility index (Phi) is 4.68. The topological polar surface area (TPSA) is 82.1 Å². The van der Waals surface area contributed by atoms with E-state index in [4.69, 9.17) is 9.47 Å². The fourth-order valence-corrected chi connectivity index (χ4v) is 4.01. The average Bonchev–Trinajstić information content (AvgIpc) is 2.86. The van der Waals surface area contributed by atoms with E-state index in [1.165, 1.54) is 18.5 Å². The van der Waals surface area contributed by atoms with E-state index < -0.39 is 27.5 Å². The maximum absolute atomic E-state index is 12.1. The molecule has 1 aliphatic heterocycles. The van der Waals surface area contributed by atoms with E-state index in [0.29, 0.717) is 38.9 Å². The molecule has 8 heteroatoms. The van der Waals surface area contributed by atoms with Gasteiger partial charge in [0.2, 0.25) is 10.0 Å². The Bertz CT molecular complexity index is 447. The summed E-state index contributed by atoms with van der Waals surface area (Å²) < 4.78 is 41.1. The van der Waals surface area contributed by atoms with Gasteiger partial charge in [-0.3, -0.25) is 4.79 Å². The number of nitrogens with zero attached hydrogens (tertiary/aromatic N) is 1. The molecule has 7 nitrogen and oxygen atoms in total. The van der Waals surface area contributed by atoms with Crippen molar-refractivity contribution in [2.75, 3.05) is 33.1 Å². The maximum Gasteiger partial charge on any atom is 0.322 e. The van der Waals surface area contributed by atoms with E-state index in [1.54, 1.807) is 0 Å². The Morgan fingerprint density at radius 2 is 1.85 bits per heavy atom. The number of carbonyl (C=O) groups is 1. The van der Waals surface area contributed by atoms with Crippen LogP contribution in [0.5, 0.6) is 0 Å². The van der Waals surface area contributed by atoms with Gasteiger partial charge in [-0.25, -0.2) is 12.7 Å². The molecule has 1 saturated carbocycles. The van der Waals surface area contributed by atoms with Gasteiger partial charge >= 0.3 is 5.97 Å². The summed E-state index contributed by atoms with van der Waals surface area (Å²) in [7, 11) is -0.940. The Morgan fingerprint density at radius 3 is 2.35 bits per heavy atom. The van der Waals surface area contributed by atoms with E-state index in [9.17, 15) is 13.2 Å². The first kappa shape index (κ1) is 15.7. The molecule has 0 aromatic rings. The zero-order chi connectivity index (χ0) is 14.8. The van der Waals surface area contributed by atoms with E-state index in [-0.39, 0.29) is 6.04 Å². The summed E-state index contributed by atoms with van der Waals surface area (Å²) in [5.74, 6) is -1.87. The molecule has 0 amide bonds. The first-order chi connectivity index (χ1) is 9.38. The third kappa shape index (κ3) is 3.30. The van der Waals surface area contributed by atoms with Crippen molar-refractivity contribution in [3.63, 3.8) is 0 Å². The molecule has 1 spiro atoms. The molecular weight excluding hydrogens is 286 g/mol. The van der Waals surface area contributed by atoms with Crippen molar-refractivity contribution < 1.29 is 27.4 Å². The second kappa shape index (κ2) is 5.97. The van der Waals surface area contributed by atoms with Gasteiger partial charge in [-0.15, -0.1) is 0 Å². The van der Waals surface area contributed by atoms with Crippen molar-refractivity contribution in [3.05, 3.63) is 0 Å². The number of hydrogen-bond acceptors (Lipinski definition) is 6. The predicted octanol–water partition coefficient (Wildman–Crippen LogP) is 0.107. The van der Waals surface area contributed by atoms with Crippen LogP contribution < -0.4 is 0 Å². The van der Waals surface area contributed by atoms with Gasteiger partial charge in [-0.2, -0.15) is 0 Å². The van der Waals surface area contributed by atoms with Crippen LogP contribution in [-0.2, 0) is 29.0 Å². The van der Waals surface area contributed by atoms with E-state index >= 15 is 0 Å². The standard InChI is InChI=1S/C12H21NO6S/c1-13(20(15,16)9-11(14)17-2)10-3-5-12(6-4-10)18-7-8-19-12/h10H,3-9H2,1-2H3. The molecule has 0 aromatic heterocycles. The normalized spacial score (nSPS) is 23.4. The van der Waals surface area contributed by atoms with Crippen molar-refractivity contribution in [2.24, 2.45) is 0 Å². The third-order valence-corrected chi connectivity index (χ3v) is 5.79. The SMILES string of the molecule is COC(=O)CS(=O)(=O)N(C)C1CCC2(CC1)OCCO2. The van der Waals surface area contributed by atoms with Crippen LogP contribution in [0, 0.1) is 0 Å². The molecule has 2 rings (SSSR count). The number of carbonyl (C=O) groups excluding carboxylic acids is 1. The molecule has 0 atom stereocenters. The lowest BCUT2D eigenvalue weighted by Crippen LogP contribution is -2.46. The van der Waals surface area contributed by atoms with Crippen LogP contribution in [0.3, 0.4) is 0 Å². The smallest absolute Gasteiger partial charge is 0.322 e. The van der Waals surface area contributed by atoms with E-state index in [2.05, 4.69) is 4.74 Å². The highest BCUT2D eigenvalue weighted by Gasteiger charge is 2.42. The van der Waals surface area contributed by atoms with Gasteiger partial charge in [0, 0.05) is 25.9 Å². The highest BCUT2D eigenvalue weighted by Crippen LogP contribution is 2.37. The van der Waals surface area contributed by atoms with Crippen LogP contribution in [0.25, 0.3) is 0 Å². The molecule has 0 N–H and O–H groups in total. The van der Waals surface area contributed by atoms with Gasteiger partial charge < -0.3 is 14.2 Å². The molecule has 1 aliphatic carbocycles. The summed E-state index contributed by atoms with van der Waals surface area (Å²) in [6.07, 6.45) is 2.68. The van der Waals surface area contributed by atoms with E-state index in [0.717, 1.165) is 0 Å². The molecular formula is C12H21NO6S. The first-order valence-electron chi connectivity index (χ1n) is 6.69. The monoisotopic (exact) mass is 307 g/mol. The van der Waals surface area contributed by atoms with Gasteiger partial charge in [0.1, 0.15) is 0 Å². The highest BCUT2D eigenvalue weighted by molar-refractivity contribution is 7.89. The molecule has 116 valence electrons. The maximum atomic E-state index is 12.1. The van der Waals surface area contributed by atoms with Crippen LogP contribution in [-0.4, -0.2) is 63.6 Å². The molecule has 2 fully saturated rings. The molecule has 0 aromatic carbocycles. The average molecular weight is 307 g/mol. The number of hydrogen-bond donors (Lipinski definition) is 0. The summed E-state index contributed by atoms with van der Waals surface area (Å²) in [5.41, 5.74) is 0. The zero-order valence-corrected chi connectivity index (χ0v) is 12.6. The molecule has 20 heavy (non-hydrogen) atoms. The minimum absolute atomic E-state index is 0.122. The summed E-state index contributed by atoms with van der Waals surface area (Å²) >= 11 is 0. The number of rotatable bonds is 4. The van der Waals surface area contributed by atoms with Crippen LogP contribution in [0.4, 0.5) is 0 Å². The van der Waals surface area contributed by atoms with Gasteiger partial charge in [-0.1, -0.05) is 0 Å². The first-order valence-corrected chi connectivity index (χ1v) is 8.30. The number of sulfonamides is 1. The predicted molar refractivity (Wildman–Crippen MR) is 70.5 cm³/mol. The quantitative estimate of drug-likeness (QED) is 0.686. The molecule has 0 bridgehead atoms. The van der Waals surface area contributed by atoms with Crippen molar-refractivity contribution >= 4 is 16.0 Å². The van der Waals surface area contributed by atoms with Gasteiger partial charge in [0.15, 0.2) is 11.5 Å². The summed E-state index contributed by atoms with van der Waals surface area (Å²) in [5, 5.41) is 0. The van der Waals surface area contributed by atoms with Crippen molar-refractivity contribution in [1.29, 1.82) is 0 Å². The Labute approximate surface area is 119 Å². The number of methoxy groups -OCH3 is 1. The molecule has 0 unspecified atom stereocenters. The number of ether oxygens (including phenoxy) is 3. The lowest BCUT2D eigenvalue weighted by Gasteiger charge is -2.38. The Hall–Kier alpha value is -0.700. The lowest BCUT2D eigenvalue weighted by atomic mass is 9.90.